The lowest BCUT2D eigenvalue weighted by Crippen LogP contribution is -2.09. The maximum absolute atomic E-state index is 13.2. The predicted molar refractivity (Wildman–Crippen MR) is 104 cm³/mol. The van der Waals surface area contributed by atoms with Crippen LogP contribution in [0, 0.1) is 5.82 Å². The Kier molecular flexibility index (Phi) is 4.71. The summed E-state index contributed by atoms with van der Waals surface area (Å²) >= 11 is 0. The molecule has 30 heavy (non-hydrogen) atoms. The van der Waals surface area contributed by atoms with E-state index in [0.717, 1.165) is 17.2 Å². The SMILES string of the molecule is COC(=O)c1nc(-n2c(O)ccc2O)c2cc(Cc3ccc(F)cc3)cnc2c1O. The molecule has 8 nitrogen and oxygen atoms in total. The van der Waals surface area contributed by atoms with E-state index in [-0.39, 0.29) is 34.3 Å². The molecule has 0 spiro atoms. The van der Waals surface area contributed by atoms with E-state index < -0.39 is 17.4 Å². The van der Waals surface area contributed by atoms with Crippen LogP contribution in [-0.4, -0.2) is 42.9 Å². The van der Waals surface area contributed by atoms with Crippen LogP contribution in [-0.2, 0) is 11.2 Å². The fourth-order valence-corrected chi connectivity index (χ4v) is 3.18. The van der Waals surface area contributed by atoms with Crippen molar-refractivity contribution in [2.75, 3.05) is 7.11 Å². The van der Waals surface area contributed by atoms with Crippen molar-refractivity contribution in [1.82, 2.24) is 14.5 Å². The minimum Gasteiger partial charge on any atom is -0.504 e. The van der Waals surface area contributed by atoms with Crippen LogP contribution in [0.25, 0.3) is 16.7 Å². The number of rotatable bonds is 4. The first kappa shape index (κ1) is 19.2. The number of methoxy groups -OCH3 is 1. The Hall–Kier alpha value is -4.14. The molecule has 0 atom stereocenters. The molecule has 0 bridgehead atoms. The van der Waals surface area contributed by atoms with Crippen molar-refractivity contribution in [2.24, 2.45) is 0 Å². The third kappa shape index (κ3) is 3.26. The zero-order chi connectivity index (χ0) is 21.4. The Morgan fingerprint density at radius 2 is 1.73 bits per heavy atom. The molecule has 0 aliphatic carbocycles. The number of carbonyl (C=O) groups excluding carboxylic acids is 1. The number of carbonyl (C=O) groups is 1. The third-order valence-corrected chi connectivity index (χ3v) is 4.60. The van der Waals surface area contributed by atoms with Gasteiger partial charge in [-0.15, -0.1) is 0 Å². The largest absolute Gasteiger partial charge is 0.504 e. The quantitative estimate of drug-likeness (QED) is 0.444. The topological polar surface area (TPSA) is 118 Å². The molecule has 0 radical (unpaired) electrons. The van der Waals surface area contributed by atoms with Gasteiger partial charge in [0, 0.05) is 23.7 Å². The highest BCUT2D eigenvalue weighted by atomic mass is 19.1. The number of hydrogen-bond acceptors (Lipinski definition) is 7. The number of aromatic hydroxyl groups is 3. The average molecular weight is 409 g/mol. The van der Waals surface area contributed by atoms with Crippen molar-refractivity contribution >= 4 is 16.9 Å². The Morgan fingerprint density at radius 3 is 2.37 bits per heavy atom. The van der Waals surface area contributed by atoms with Crippen LogP contribution in [0.2, 0.25) is 0 Å². The molecule has 0 fully saturated rings. The normalized spacial score (nSPS) is 11.0. The zero-order valence-electron chi connectivity index (χ0n) is 15.7. The van der Waals surface area contributed by atoms with Crippen molar-refractivity contribution in [3.05, 3.63) is 71.3 Å². The van der Waals surface area contributed by atoms with Crippen LogP contribution >= 0.6 is 0 Å². The second-order valence-corrected chi connectivity index (χ2v) is 6.55. The van der Waals surface area contributed by atoms with Gasteiger partial charge in [0.25, 0.3) is 0 Å². The minimum absolute atomic E-state index is 0.0170. The Bertz CT molecular complexity index is 1250. The summed E-state index contributed by atoms with van der Waals surface area (Å²) in [5, 5.41) is 31.1. The van der Waals surface area contributed by atoms with Gasteiger partial charge in [-0.1, -0.05) is 12.1 Å². The number of pyridine rings is 2. The molecule has 1 aromatic carbocycles. The molecule has 0 unspecified atom stereocenters. The minimum atomic E-state index is -0.904. The van der Waals surface area contributed by atoms with E-state index in [1.54, 1.807) is 18.2 Å². The highest BCUT2D eigenvalue weighted by Crippen LogP contribution is 2.35. The molecule has 4 rings (SSSR count). The fourth-order valence-electron chi connectivity index (χ4n) is 3.18. The van der Waals surface area contributed by atoms with Crippen LogP contribution < -0.4 is 0 Å². The summed E-state index contributed by atoms with van der Waals surface area (Å²) in [6.07, 6.45) is 1.91. The van der Waals surface area contributed by atoms with Gasteiger partial charge in [-0.2, -0.15) is 0 Å². The molecule has 0 aliphatic heterocycles. The molecule has 3 N–H and O–H groups in total. The highest BCUT2D eigenvalue weighted by Gasteiger charge is 2.24. The highest BCUT2D eigenvalue weighted by molar-refractivity contribution is 6.00. The van der Waals surface area contributed by atoms with Crippen LogP contribution in [0.3, 0.4) is 0 Å². The molecule has 0 amide bonds. The number of hydrogen-bond donors (Lipinski definition) is 3. The molecular weight excluding hydrogens is 393 g/mol. The van der Waals surface area contributed by atoms with Gasteiger partial charge in [-0.25, -0.2) is 18.7 Å². The van der Waals surface area contributed by atoms with E-state index in [9.17, 15) is 24.5 Å². The van der Waals surface area contributed by atoms with Gasteiger partial charge in [0.15, 0.2) is 29.0 Å². The number of nitrogens with zero attached hydrogens (tertiary/aromatic N) is 3. The fraction of sp³-hybridized carbons (Fsp3) is 0.0952. The van der Waals surface area contributed by atoms with E-state index >= 15 is 0 Å². The predicted octanol–water partition coefficient (Wildman–Crippen LogP) is 3.05. The van der Waals surface area contributed by atoms with Gasteiger partial charge >= 0.3 is 5.97 Å². The number of esters is 1. The summed E-state index contributed by atoms with van der Waals surface area (Å²) in [6.45, 7) is 0. The van der Waals surface area contributed by atoms with Gasteiger partial charge in [0.05, 0.1) is 7.11 Å². The summed E-state index contributed by atoms with van der Waals surface area (Å²) in [4.78, 5) is 20.4. The van der Waals surface area contributed by atoms with Crippen LogP contribution in [0.15, 0.2) is 48.7 Å². The number of fused-ring (bicyclic) bond motifs is 1. The zero-order valence-corrected chi connectivity index (χ0v) is 15.7. The number of benzene rings is 1. The Balaban J connectivity index is 1.94. The summed E-state index contributed by atoms with van der Waals surface area (Å²) in [7, 11) is 1.14. The van der Waals surface area contributed by atoms with Crippen molar-refractivity contribution in [1.29, 1.82) is 0 Å². The number of ether oxygens (including phenoxy) is 1. The van der Waals surface area contributed by atoms with Crippen molar-refractivity contribution in [2.45, 2.75) is 6.42 Å². The molecule has 0 saturated heterocycles. The van der Waals surface area contributed by atoms with E-state index in [0.29, 0.717) is 12.0 Å². The van der Waals surface area contributed by atoms with Gasteiger partial charge < -0.3 is 20.1 Å². The lowest BCUT2D eigenvalue weighted by Gasteiger charge is -2.14. The van der Waals surface area contributed by atoms with Gasteiger partial charge in [-0.05, 0) is 35.7 Å². The summed E-state index contributed by atoms with van der Waals surface area (Å²) in [6, 6.07) is 10.1. The number of aromatic nitrogens is 3. The third-order valence-electron chi connectivity index (χ3n) is 4.60. The lowest BCUT2D eigenvalue weighted by molar-refractivity contribution is 0.0590. The molecule has 9 heteroatoms. The van der Waals surface area contributed by atoms with Gasteiger partial charge in [-0.3, -0.25) is 4.98 Å². The average Bonchev–Trinajstić information content (AvgIpc) is 3.07. The maximum atomic E-state index is 13.2. The first-order valence-corrected chi connectivity index (χ1v) is 8.83. The molecule has 4 aromatic rings. The molecule has 3 aromatic heterocycles. The lowest BCUT2D eigenvalue weighted by atomic mass is 10.0. The van der Waals surface area contributed by atoms with Crippen LogP contribution in [0.1, 0.15) is 21.6 Å². The molecule has 0 aliphatic rings. The van der Waals surface area contributed by atoms with Crippen LogP contribution in [0.5, 0.6) is 17.5 Å². The Labute approximate surface area is 169 Å². The Morgan fingerprint density at radius 1 is 1.07 bits per heavy atom. The van der Waals surface area contributed by atoms with Gasteiger partial charge in [0.1, 0.15) is 11.3 Å². The van der Waals surface area contributed by atoms with Gasteiger partial charge in [0.2, 0.25) is 0 Å². The summed E-state index contributed by atoms with van der Waals surface area (Å²) in [5.41, 5.74) is 1.16. The second-order valence-electron chi connectivity index (χ2n) is 6.55. The molecule has 152 valence electrons. The smallest absolute Gasteiger partial charge is 0.360 e. The van der Waals surface area contributed by atoms with E-state index in [1.807, 2.05) is 0 Å². The molecular formula is C21H16FN3O5. The second kappa shape index (κ2) is 7.36. The van der Waals surface area contributed by atoms with E-state index in [1.165, 1.54) is 30.5 Å². The number of halogens is 1. The summed E-state index contributed by atoms with van der Waals surface area (Å²) < 4.78 is 18.8. The summed E-state index contributed by atoms with van der Waals surface area (Å²) in [5.74, 6) is -2.41. The standard InChI is InChI=1S/C21H16FN3O5/c1-30-21(29)18-19(28)17-14(20(24-18)25-15(26)6-7-16(25)27)9-12(10-23-17)8-11-2-4-13(22)5-3-11/h2-7,9-10,26-28H,8H2,1H3. The first-order chi connectivity index (χ1) is 14.4. The van der Waals surface area contributed by atoms with Crippen molar-refractivity contribution in [3.63, 3.8) is 0 Å². The van der Waals surface area contributed by atoms with Crippen molar-refractivity contribution < 1.29 is 29.2 Å². The molecule has 3 heterocycles. The van der Waals surface area contributed by atoms with Crippen molar-refractivity contribution in [3.8, 4) is 23.3 Å². The first-order valence-electron chi connectivity index (χ1n) is 8.83. The van der Waals surface area contributed by atoms with E-state index in [2.05, 4.69) is 14.7 Å². The monoisotopic (exact) mass is 409 g/mol. The van der Waals surface area contributed by atoms with E-state index in [4.69, 9.17) is 0 Å². The van der Waals surface area contributed by atoms with Crippen LogP contribution in [0.4, 0.5) is 4.39 Å². The maximum Gasteiger partial charge on any atom is 0.360 e. The molecule has 0 saturated carbocycles.